The molecule has 1 aromatic rings. The van der Waals surface area contributed by atoms with E-state index in [1.165, 1.54) is 12.8 Å². The first-order valence-corrected chi connectivity index (χ1v) is 6.98. The van der Waals surface area contributed by atoms with Crippen molar-refractivity contribution >= 4 is 11.7 Å². The van der Waals surface area contributed by atoms with Gasteiger partial charge in [-0.05, 0) is 38.8 Å². The zero-order valence-electron chi connectivity index (χ0n) is 11.6. The average molecular weight is 262 g/mol. The van der Waals surface area contributed by atoms with Crippen LogP contribution in [0.25, 0.3) is 0 Å². The molecular weight excluding hydrogens is 240 g/mol. The molecule has 0 heterocycles. The number of amides is 2. The second-order valence-corrected chi connectivity index (χ2v) is 5.24. The summed E-state index contributed by atoms with van der Waals surface area (Å²) in [6.07, 6.45) is 4.66. The second kappa shape index (κ2) is 6.45. The maximum absolute atomic E-state index is 11.9. The van der Waals surface area contributed by atoms with Crippen LogP contribution in [0.2, 0.25) is 0 Å². The minimum atomic E-state index is -0.147. The first kappa shape index (κ1) is 13.7. The summed E-state index contributed by atoms with van der Waals surface area (Å²) in [6, 6.07) is 7.68. The van der Waals surface area contributed by atoms with E-state index in [1.54, 1.807) is 0 Å². The van der Waals surface area contributed by atoms with E-state index in [2.05, 4.69) is 10.6 Å². The van der Waals surface area contributed by atoms with Crippen molar-refractivity contribution in [3.05, 3.63) is 24.3 Å². The molecule has 0 spiro atoms. The number of anilines is 1. The molecule has 19 heavy (non-hydrogen) atoms. The third kappa shape index (κ3) is 4.16. The maximum Gasteiger partial charge on any atom is 0.319 e. The molecule has 0 atom stereocenters. The Morgan fingerprint density at radius 3 is 2.63 bits per heavy atom. The van der Waals surface area contributed by atoms with Gasteiger partial charge in [0.05, 0.1) is 11.8 Å². The van der Waals surface area contributed by atoms with Gasteiger partial charge in [-0.2, -0.15) is 0 Å². The maximum atomic E-state index is 11.9. The SMILES string of the molecule is CC(C)Oc1ccccc1NC(=O)NC1CCCC1. The summed E-state index contributed by atoms with van der Waals surface area (Å²) in [5.74, 6) is 0.707. The molecule has 0 saturated heterocycles. The molecule has 1 aliphatic rings. The van der Waals surface area contributed by atoms with E-state index in [1.807, 2.05) is 38.1 Å². The van der Waals surface area contributed by atoms with Crippen LogP contribution in [0.4, 0.5) is 10.5 Å². The van der Waals surface area contributed by atoms with Crippen LogP contribution in [0.5, 0.6) is 5.75 Å². The van der Waals surface area contributed by atoms with Gasteiger partial charge in [-0.25, -0.2) is 4.79 Å². The topological polar surface area (TPSA) is 50.4 Å². The molecule has 0 radical (unpaired) electrons. The lowest BCUT2D eigenvalue weighted by molar-refractivity contribution is 0.241. The number of urea groups is 1. The van der Waals surface area contributed by atoms with Gasteiger partial charge in [-0.1, -0.05) is 25.0 Å². The minimum Gasteiger partial charge on any atom is -0.489 e. The van der Waals surface area contributed by atoms with Crippen molar-refractivity contribution in [3.63, 3.8) is 0 Å². The number of nitrogens with one attached hydrogen (secondary N) is 2. The highest BCUT2D eigenvalue weighted by Crippen LogP contribution is 2.25. The van der Waals surface area contributed by atoms with Gasteiger partial charge in [-0.15, -0.1) is 0 Å². The molecule has 0 aromatic heterocycles. The van der Waals surface area contributed by atoms with Crippen molar-refractivity contribution in [2.24, 2.45) is 0 Å². The number of rotatable bonds is 4. The summed E-state index contributed by atoms with van der Waals surface area (Å²) >= 11 is 0. The summed E-state index contributed by atoms with van der Waals surface area (Å²) in [4.78, 5) is 11.9. The molecule has 0 aliphatic heterocycles. The zero-order chi connectivity index (χ0) is 13.7. The Hall–Kier alpha value is -1.71. The highest BCUT2D eigenvalue weighted by Gasteiger charge is 2.17. The number of carbonyl (C=O) groups is 1. The fourth-order valence-electron chi connectivity index (χ4n) is 2.34. The molecule has 104 valence electrons. The molecule has 1 saturated carbocycles. The Morgan fingerprint density at radius 1 is 1.26 bits per heavy atom. The van der Waals surface area contributed by atoms with Gasteiger partial charge in [0.1, 0.15) is 5.75 Å². The second-order valence-electron chi connectivity index (χ2n) is 5.24. The van der Waals surface area contributed by atoms with E-state index in [9.17, 15) is 4.79 Å². The smallest absolute Gasteiger partial charge is 0.319 e. The summed E-state index contributed by atoms with van der Waals surface area (Å²) in [5.41, 5.74) is 0.715. The summed E-state index contributed by atoms with van der Waals surface area (Å²) in [7, 11) is 0. The molecule has 0 bridgehead atoms. The Balaban J connectivity index is 1.95. The van der Waals surface area contributed by atoms with Crippen molar-refractivity contribution in [1.29, 1.82) is 0 Å². The first-order chi connectivity index (χ1) is 9.15. The van der Waals surface area contributed by atoms with Crippen LogP contribution in [0.1, 0.15) is 39.5 Å². The molecule has 2 amide bonds. The number of hydrogen-bond acceptors (Lipinski definition) is 2. The van der Waals surface area contributed by atoms with Gasteiger partial charge >= 0.3 is 6.03 Å². The quantitative estimate of drug-likeness (QED) is 0.872. The number of para-hydroxylation sites is 2. The Morgan fingerprint density at radius 2 is 1.95 bits per heavy atom. The van der Waals surface area contributed by atoms with E-state index < -0.39 is 0 Å². The van der Waals surface area contributed by atoms with Gasteiger partial charge in [-0.3, -0.25) is 0 Å². The Labute approximate surface area is 114 Å². The molecule has 2 N–H and O–H groups in total. The van der Waals surface area contributed by atoms with Crippen LogP contribution < -0.4 is 15.4 Å². The van der Waals surface area contributed by atoms with Crippen molar-refractivity contribution in [2.75, 3.05) is 5.32 Å². The Bertz CT molecular complexity index is 426. The van der Waals surface area contributed by atoms with Gasteiger partial charge in [0, 0.05) is 6.04 Å². The molecule has 1 aliphatic carbocycles. The average Bonchev–Trinajstić information content (AvgIpc) is 2.83. The Kier molecular flexibility index (Phi) is 4.66. The molecule has 1 fully saturated rings. The molecule has 4 heteroatoms. The van der Waals surface area contributed by atoms with E-state index in [4.69, 9.17) is 4.74 Å². The van der Waals surface area contributed by atoms with Crippen molar-refractivity contribution < 1.29 is 9.53 Å². The normalized spacial score (nSPS) is 15.5. The first-order valence-electron chi connectivity index (χ1n) is 6.98. The third-order valence-corrected chi connectivity index (χ3v) is 3.19. The molecule has 1 aromatic carbocycles. The van der Waals surface area contributed by atoms with Crippen LogP contribution in [-0.4, -0.2) is 18.2 Å². The van der Waals surface area contributed by atoms with E-state index in [0.29, 0.717) is 17.5 Å². The van der Waals surface area contributed by atoms with Gasteiger partial charge in [0.15, 0.2) is 0 Å². The molecule has 2 rings (SSSR count). The molecule has 4 nitrogen and oxygen atoms in total. The monoisotopic (exact) mass is 262 g/mol. The van der Waals surface area contributed by atoms with Gasteiger partial charge in [0.25, 0.3) is 0 Å². The fourth-order valence-corrected chi connectivity index (χ4v) is 2.34. The highest BCUT2D eigenvalue weighted by atomic mass is 16.5. The van der Waals surface area contributed by atoms with Gasteiger partial charge in [0.2, 0.25) is 0 Å². The number of hydrogen-bond donors (Lipinski definition) is 2. The number of carbonyl (C=O) groups excluding carboxylic acids is 1. The highest BCUT2D eigenvalue weighted by molar-refractivity contribution is 5.91. The third-order valence-electron chi connectivity index (χ3n) is 3.19. The van der Waals surface area contributed by atoms with Gasteiger partial charge < -0.3 is 15.4 Å². The summed E-state index contributed by atoms with van der Waals surface area (Å²) in [6.45, 7) is 3.94. The van der Waals surface area contributed by atoms with Crippen molar-refractivity contribution in [3.8, 4) is 5.75 Å². The van der Waals surface area contributed by atoms with E-state index in [0.717, 1.165) is 12.8 Å². The van der Waals surface area contributed by atoms with E-state index >= 15 is 0 Å². The fraction of sp³-hybridized carbons (Fsp3) is 0.533. The zero-order valence-corrected chi connectivity index (χ0v) is 11.6. The predicted molar refractivity (Wildman–Crippen MR) is 76.6 cm³/mol. The van der Waals surface area contributed by atoms with Crippen LogP contribution in [0.3, 0.4) is 0 Å². The van der Waals surface area contributed by atoms with Crippen LogP contribution in [-0.2, 0) is 0 Å². The van der Waals surface area contributed by atoms with Crippen LogP contribution in [0.15, 0.2) is 24.3 Å². The van der Waals surface area contributed by atoms with Crippen LogP contribution >= 0.6 is 0 Å². The summed E-state index contributed by atoms with van der Waals surface area (Å²) < 4.78 is 5.67. The van der Waals surface area contributed by atoms with E-state index in [-0.39, 0.29) is 12.1 Å². The predicted octanol–water partition coefficient (Wildman–Crippen LogP) is 3.54. The van der Waals surface area contributed by atoms with Crippen molar-refractivity contribution in [2.45, 2.75) is 51.7 Å². The molecular formula is C15H22N2O2. The lowest BCUT2D eigenvalue weighted by atomic mass is 10.2. The summed E-state index contributed by atoms with van der Waals surface area (Å²) in [5, 5.41) is 5.87. The number of ether oxygens (including phenoxy) is 1. The largest absolute Gasteiger partial charge is 0.489 e. The minimum absolute atomic E-state index is 0.0841. The number of benzene rings is 1. The van der Waals surface area contributed by atoms with Crippen LogP contribution in [0, 0.1) is 0 Å². The molecule has 0 unspecified atom stereocenters. The lowest BCUT2D eigenvalue weighted by Crippen LogP contribution is -2.36. The van der Waals surface area contributed by atoms with Crippen molar-refractivity contribution in [1.82, 2.24) is 5.32 Å². The standard InChI is InChI=1S/C15H22N2O2/c1-11(2)19-14-10-6-5-9-13(14)17-15(18)16-12-7-3-4-8-12/h5-6,9-12H,3-4,7-8H2,1-2H3,(H2,16,17,18). The lowest BCUT2D eigenvalue weighted by Gasteiger charge is -2.17.